The van der Waals surface area contributed by atoms with Crippen LogP contribution in [0.5, 0.6) is 0 Å². The van der Waals surface area contributed by atoms with Crippen molar-refractivity contribution in [1.29, 1.82) is 0 Å². The molecule has 0 heterocycles. The lowest BCUT2D eigenvalue weighted by Crippen LogP contribution is -2.14. The SMILES string of the molecule is CC1=CC(C)(C)c2ccccc2-c2ccccc21. The molecule has 0 heteroatoms. The van der Waals surface area contributed by atoms with Crippen LogP contribution in [0, 0.1) is 0 Å². The van der Waals surface area contributed by atoms with Gasteiger partial charge in [0, 0.05) is 5.41 Å². The van der Waals surface area contributed by atoms with Gasteiger partial charge in [0.15, 0.2) is 0 Å². The first kappa shape index (κ1) is 11.3. The van der Waals surface area contributed by atoms with Crippen LogP contribution in [-0.2, 0) is 5.41 Å². The van der Waals surface area contributed by atoms with Crippen molar-refractivity contribution < 1.29 is 0 Å². The van der Waals surface area contributed by atoms with Gasteiger partial charge in [0.05, 0.1) is 0 Å². The Morgan fingerprint density at radius 3 is 2.00 bits per heavy atom. The van der Waals surface area contributed by atoms with Gasteiger partial charge < -0.3 is 0 Å². The fraction of sp³-hybridized carbons (Fsp3) is 0.222. The first-order valence-corrected chi connectivity index (χ1v) is 6.48. The third-order valence-electron chi connectivity index (χ3n) is 3.84. The van der Waals surface area contributed by atoms with Crippen LogP contribution < -0.4 is 0 Å². The van der Waals surface area contributed by atoms with Crippen LogP contribution in [0.15, 0.2) is 54.6 Å². The maximum atomic E-state index is 2.39. The summed E-state index contributed by atoms with van der Waals surface area (Å²) in [7, 11) is 0. The van der Waals surface area contributed by atoms with E-state index in [4.69, 9.17) is 0 Å². The van der Waals surface area contributed by atoms with Crippen LogP contribution in [0.4, 0.5) is 0 Å². The van der Waals surface area contributed by atoms with E-state index in [-0.39, 0.29) is 5.41 Å². The van der Waals surface area contributed by atoms with Crippen molar-refractivity contribution in [3.63, 3.8) is 0 Å². The van der Waals surface area contributed by atoms with Crippen LogP contribution >= 0.6 is 0 Å². The molecule has 90 valence electrons. The second-order valence-corrected chi connectivity index (χ2v) is 5.64. The minimum Gasteiger partial charge on any atom is -0.0709 e. The van der Waals surface area contributed by atoms with E-state index in [9.17, 15) is 0 Å². The third kappa shape index (κ3) is 1.60. The number of allylic oxidation sites excluding steroid dienone is 2. The maximum Gasteiger partial charge on any atom is 0.00873 e. The molecule has 0 fully saturated rings. The summed E-state index contributed by atoms with van der Waals surface area (Å²) in [6.07, 6.45) is 2.39. The molecule has 0 spiro atoms. The van der Waals surface area contributed by atoms with Crippen LogP contribution in [0.2, 0.25) is 0 Å². The Bertz CT molecular complexity index is 630. The smallest absolute Gasteiger partial charge is 0.00873 e. The maximum absolute atomic E-state index is 2.39. The van der Waals surface area contributed by atoms with Gasteiger partial charge in [-0.1, -0.05) is 68.5 Å². The van der Waals surface area contributed by atoms with Crippen molar-refractivity contribution >= 4 is 5.57 Å². The largest absolute Gasteiger partial charge is 0.0709 e. The summed E-state index contributed by atoms with van der Waals surface area (Å²) in [5.41, 5.74) is 6.94. The summed E-state index contributed by atoms with van der Waals surface area (Å²) in [6.45, 7) is 6.80. The number of hydrogen-bond acceptors (Lipinski definition) is 0. The van der Waals surface area contributed by atoms with Gasteiger partial charge in [-0.15, -0.1) is 0 Å². The van der Waals surface area contributed by atoms with Gasteiger partial charge in [-0.25, -0.2) is 0 Å². The van der Waals surface area contributed by atoms with Crippen molar-refractivity contribution in [2.24, 2.45) is 0 Å². The molecule has 3 rings (SSSR count). The molecule has 1 aliphatic carbocycles. The molecule has 2 aromatic rings. The molecular formula is C18H18. The van der Waals surface area contributed by atoms with Crippen LogP contribution in [0.1, 0.15) is 31.9 Å². The Morgan fingerprint density at radius 2 is 1.28 bits per heavy atom. The zero-order valence-corrected chi connectivity index (χ0v) is 11.2. The molecule has 0 aliphatic heterocycles. The highest BCUT2D eigenvalue weighted by molar-refractivity contribution is 5.85. The van der Waals surface area contributed by atoms with E-state index in [1.54, 1.807) is 0 Å². The predicted octanol–water partition coefficient (Wildman–Crippen LogP) is 5.05. The molecule has 0 unspecified atom stereocenters. The van der Waals surface area contributed by atoms with Gasteiger partial charge in [-0.2, -0.15) is 0 Å². The average Bonchev–Trinajstić information content (AvgIpc) is 2.45. The Hall–Kier alpha value is -1.82. The Labute approximate surface area is 109 Å². The monoisotopic (exact) mass is 234 g/mol. The van der Waals surface area contributed by atoms with Crippen molar-refractivity contribution in [3.8, 4) is 11.1 Å². The molecule has 0 amide bonds. The van der Waals surface area contributed by atoms with Gasteiger partial charge in [-0.05, 0) is 34.8 Å². The molecule has 18 heavy (non-hydrogen) atoms. The molecule has 0 N–H and O–H groups in total. The number of hydrogen-bond donors (Lipinski definition) is 0. The van der Waals surface area contributed by atoms with Gasteiger partial charge in [0.1, 0.15) is 0 Å². The van der Waals surface area contributed by atoms with E-state index < -0.39 is 0 Å². The molecule has 0 atom stereocenters. The zero-order chi connectivity index (χ0) is 12.8. The van der Waals surface area contributed by atoms with Crippen molar-refractivity contribution in [3.05, 3.63) is 65.7 Å². The first-order valence-electron chi connectivity index (χ1n) is 6.48. The average molecular weight is 234 g/mol. The molecule has 0 radical (unpaired) electrons. The lowest BCUT2D eigenvalue weighted by atomic mass is 9.81. The fourth-order valence-electron chi connectivity index (χ4n) is 3.04. The van der Waals surface area contributed by atoms with E-state index in [2.05, 4.69) is 75.4 Å². The molecule has 0 saturated carbocycles. The van der Waals surface area contributed by atoms with Gasteiger partial charge in [0.25, 0.3) is 0 Å². The van der Waals surface area contributed by atoms with E-state index in [1.165, 1.54) is 27.8 Å². The summed E-state index contributed by atoms with van der Waals surface area (Å²) < 4.78 is 0. The highest BCUT2D eigenvalue weighted by Crippen LogP contribution is 2.41. The van der Waals surface area contributed by atoms with Crippen LogP contribution in [0.3, 0.4) is 0 Å². The molecule has 0 bridgehead atoms. The molecular weight excluding hydrogens is 216 g/mol. The van der Waals surface area contributed by atoms with Gasteiger partial charge >= 0.3 is 0 Å². The summed E-state index contributed by atoms with van der Waals surface area (Å²) >= 11 is 0. The number of fused-ring (bicyclic) bond motifs is 3. The van der Waals surface area contributed by atoms with Crippen molar-refractivity contribution in [2.75, 3.05) is 0 Å². The summed E-state index contributed by atoms with van der Waals surface area (Å²) in [5.74, 6) is 0. The Morgan fingerprint density at radius 1 is 0.722 bits per heavy atom. The highest BCUT2D eigenvalue weighted by atomic mass is 14.3. The third-order valence-corrected chi connectivity index (χ3v) is 3.84. The zero-order valence-electron chi connectivity index (χ0n) is 11.2. The van der Waals surface area contributed by atoms with Crippen LogP contribution in [0.25, 0.3) is 16.7 Å². The number of benzene rings is 2. The van der Waals surface area contributed by atoms with E-state index in [0.717, 1.165) is 0 Å². The summed E-state index contributed by atoms with van der Waals surface area (Å²) in [6, 6.07) is 17.5. The first-order chi connectivity index (χ1) is 8.59. The molecule has 0 nitrogen and oxygen atoms in total. The molecule has 0 saturated heterocycles. The Balaban J connectivity index is 2.42. The fourth-order valence-corrected chi connectivity index (χ4v) is 3.04. The topological polar surface area (TPSA) is 0 Å². The number of rotatable bonds is 0. The quantitative estimate of drug-likeness (QED) is 0.598. The second kappa shape index (κ2) is 3.84. The minimum atomic E-state index is 0.0830. The Kier molecular flexibility index (Phi) is 2.41. The highest BCUT2D eigenvalue weighted by Gasteiger charge is 2.25. The summed E-state index contributed by atoms with van der Waals surface area (Å²) in [4.78, 5) is 0. The normalized spacial score (nSPS) is 16.3. The lowest BCUT2D eigenvalue weighted by Gasteiger charge is -2.23. The minimum absolute atomic E-state index is 0.0830. The van der Waals surface area contributed by atoms with Gasteiger partial charge in [0.2, 0.25) is 0 Å². The summed E-state index contributed by atoms with van der Waals surface area (Å²) in [5, 5.41) is 0. The molecule has 1 aliphatic rings. The van der Waals surface area contributed by atoms with E-state index >= 15 is 0 Å². The van der Waals surface area contributed by atoms with E-state index in [1.807, 2.05) is 0 Å². The van der Waals surface area contributed by atoms with E-state index in [0.29, 0.717) is 0 Å². The van der Waals surface area contributed by atoms with Gasteiger partial charge in [-0.3, -0.25) is 0 Å². The molecule has 2 aromatic carbocycles. The van der Waals surface area contributed by atoms with Crippen LogP contribution in [-0.4, -0.2) is 0 Å². The lowest BCUT2D eigenvalue weighted by molar-refractivity contribution is 0.674. The second-order valence-electron chi connectivity index (χ2n) is 5.64. The van der Waals surface area contributed by atoms with Crippen molar-refractivity contribution in [1.82, 2.24) is 0 Å². The standard InChI is InChI=1S/C18H18/c1-13-12-18(2,3)17-11-7-6-10-16(17)15-9-5-4-8-14(13)15/h4-12H,1-3H3. The van der Waals surface area contributed by atoms with Crippen molar-refractivity contribution in [2.45, 2.75) is 26.2 Å². The molecule has 0 aromatic heterocycles. The predicted molar refractivity (Wildman–Crippen MR) is 78.6 cm³/mol.